The van der Waals surface area contributed by atoms with Crippen molar-refractivity contribution in [3.63, 3.8) is 0 Å². The molecule has 0 aliphatic carbocycles. The lowest BCUT2D eigenvalue weighted by Crippen LogP contribution is -2.15. The molecule has 0 radical (unpaired) electrons. The van der Waals surface area contributed by atoms with Crippen molar-refractivity contribution in [1.82, 2.24) is 0 Å². The first-order chi connectivity index (χ1) is 22.5. The molecule has 13 nitrogen and oxygen atoms in total. The molecule has 2 aliphatic rings. The van der Waals surface area contributed by atoms with E-state index >= 15 is 0 Å². The topological polar surface area (TPSA) is 183 Å². The molecule has 0 saturated carbocycles. The Morgan fingerprint density at radius 2 is 1.06 bits per heavy atom. The Labute approximate surface area is 263 Å². The van der Waals surface area contributed by atoms with Crippen LogP contribution in [0.4, 0.5) is 0 Å². The van der Waals surface area contributed by atoms with E-state index in [1.807, 2.05) is 0 Å². The summed E-state index contributed by atoms with van der Waals surface area (Å²) in [4.78, 5) is 98.2. The second-order valence-corrected chi connectivity index (χ2v) is 10.1. The number of cyclic esters (lactones) is 4. The predicted molar refractivity (Wildman–Crippen MR) is 154 cm³/mol. The molecular formula is C34H18O13. The first-order valence-electron chi connectivity index (χ1n) is 13.6. The fourth-order valence-corrected chi connectivity index (χ4v) is 4.63. The Morgan fingerprint density at radius 3 is 1.62 bits per heavy atom. The van der Waals surface area contributed by atoms with E-state index in [9.17, 15) is 38.4 Å². The molecule has 0 N–H and O–H groups in total. The van der Waals surface area contributed by atoms with Crippen molar-refractivity contribution in [2.45, 2.75) is 13.5 Å². The number of ether oxygens (including phenoxy) is 5. The number of fused-ring (bicyclic) bond motifs is 2. The van der Waals surface area contributed by atoms with Crippen LogP contribution < -0.4 is 9.47 Å². The van der Waals surface area contributed by atoms with Crippen LogP contribution in [-0.2, 0) is 20.8 Å². The molecular weight excluding hydrogens is 616 g/mol. The quantitative estimate of drug-likeness (QED) is 0.0880. The third-order valence-corrected chi connectivity index (χ3v) is 7.08. The van der Waals surface area contributed by atoms with Crippen LogP contribution in [0.3, 0.4) is 0 Å². The highest BCUT2D eigenvalue weighted by molar-refractivity contribution is 6.16. The van der Waals surface area contributed by atoms with Gasteiger partial charge in [-0.25, -0.2) is 33.6 Å². The summed E-state index contributed by atoms with van der Waals surface area (Å²) in [7, 11) is 0. The van der Waals surface area contributed by atoms with Gasteiger partial charge in [0.05, 0.1) is 33.4 Å². The maximum absolute atomic E-state index is 13.3. The van der Waals surface area contributed by atoms with Crippen LogP contribution in [-0.4, -0.2) is 47.6 Å². The third kappa shape index (κ3) is 6.00. The number of hydrogen-bond donors (Lipinski definition) is 0. The van der Waals surface area contributed by atoms with Crippen molar-refractivity contribution in [3.8, 4) is 11.5 Å². The average Bonchev–Trinajstić information content (AvgIpc) is 3.52. The van der Waals surface area contributed by atoms with Gasteiger partial charge in [-0.3, -0.25) is 4.79 Å². The first-order valence-corrected chi connectivity index (χ1v) is 13.6. The highest BCUT2D eigenvalue weighted by Gasteiger charge is 2.32. The Bertz CT molecular complexity index is 2090. The van der Waals surface area contributed by atoms with Gasteiger partial charge >= 0.3 is 41.8 Å². The molecule has 0 atom stereocenters. The number of esters is 7. The summed E-state index contributed by atoms with van der Waals surface area (Å²) in [6.07, 6.45) is 0. The molecule has 0 spiro atoms. The maximum atomic E-state index is 13.3. The zero-order valence-electron chi connectivity index (χ0n) is 24.0. The van der Waals surface area contributed by atoms with Crippen molar-refractivity contribution in [2.24, 2.45) is 0 Å². The van der Waals surface area contributed by atoms with Crippen LogP contribution in [0.15, 0.2) is 78.9 Å². The molecule has 0 unspecified atom stereocenters. The van der Waals surface area contributed by atoms with Gasteiger partial charge in [0.15, 0.2) is 5.78 Å². The Balaban J connectivity index is 1.26. The van der Waals surface area contributed by atoms with E-state index in [2.05, 4.69) is 9.47 Å². The summed E-state index contributed by atoms with van der Waals surface area (Å²) in [6.45, 7) is 1.17. The molecule has 232 valence electrons. The van der Waals surface area contributed by atoms with Gasteiger partial charge in [0.2, 0.25) is 0 Å². The second kappa shape index (κ2) is 12.0. The maximum Gasteiger partial charge on any atom is 0.346 e. The second-order valence-electron chi connectivity index (χ2n) is 10.1. The summed E-state index contributed by atoms with van der Waals surface area (Å²) in [5.74, 6) is -7.11. The smallest absolute Gasteiger partial charge is 0.346 e. The lowest BCUT2D eigenvalue weighted by Gasteiger charge is -2.13. The monoisotopic (exact) mass is 634 g/mol. The number of hydrogen-bond acceptors (Lipinski definition) is 13. The Morgan fingerprint density at radius 1 is 0.553 bits per heavy atom. The van der Waals surface area contributed by atoms with E-state index in [0.29, 0.717) is 11.1 Å². The highest BCUT2D eigenvalue weighted by atomic mass is 16.6. The van der Waals surface area contributed by atoms with Gasteiger partial charge in [0.1, 0.15) is 23.7 Å². The number of carbonyl (C=O) groups excluding carboxylic acids is 8. The minimum absolute atomic E-state index is 0.00875. The number of rotatable bonds is 8. The van der Waals surface area contributed by atoms with Crippen molar-refractivity contribution in [3.05, 3.63) is 129 Å². The molecule has 4 aromatic rings. The number of carbonyl (C=O) groups is 8. The molecule has 2 aliphatic heterocycles. The zero-order chi connectivity index (χ0) is 33.4. The molecule has 0 fully saturated rings. The standard InChI is InChI=1S/C34H18O13/c1-16(35)18-4-2-17(3-5-18)15-43-30(38)26-14-21(44-28(36)19-6-9-22-24(12-19)33(41)46-31(22)39)8-11-27(26)45-29(37)20-7-10-23-25(13-20)34(42)47-32(23)40/h2-14H,15H2,1H3. The highest BCUT2D eigenvalue weighted by Crippen LogP contribution is 2.29. The number of Topliss-reactive ketones (excluding diaryl/α,β-unsaturated/α-hetero) is 1. The molecule has 0 bridgehead atoms. The van der Waals surface area contributed by atoms with Gasteiger partial charge < -0.3 is 23.7 Å². The minimum atomic E-state index is -1.00. The minimum Gasteiger partial charge on any atom is -0.457 e. The van der Waals surface area contributed by atoms with E-state index in [1.165, 1.54) is 43.3 Å². The summed E-state index contributed by atoms with van der Waals surface area (Å²) in [5.41, 5.74) is 0.154. The first kappa shape index (κ1) is 30.3. The fraction of sp³-hybridized carbons (Fsp3) is 0.0588. The number of ketones is 1. The van der Waals surface area contributed by atoms with Gasteiger partial charge in [-0.15, -0.1) is 0 Å². The van der Waals surface area contributed by atoms with E-state index in [0.717, 1.165) is 18.2 Å². The van der Waals surface area contributed by atoms with Gasteiger partial charge in [-0.2, -0.15) is 0 Å². The van der Waals surface area contributed by atoms with Gasteiger partial charge in [-0.1, -0.05) is 24.3 Å². The van der Waals surface area contributed by atoms with E-state index in [1.54, 1.807) is 24.3 Å². The zero-order valence-corrected chi connectivity index (χ0v) is 24.0. The fourth-order valence-electron chi connectivity index (χ4n) is 4.63. The van der Waals surface area contributed by atoms with E-state index in [4.69, 9.17) is 14.2 Å². The van der Waals surface area contributed by atoms with Crippen LogP contribution in [0.2, 0.25) is 0 Å². The third-order valence-electron chi connectivity index (χ3n) is 7.08. The van der Waals surface area contributed by atoms with Crippen LogP contribution >= 0.6 is 0 Å². The Hall–Kier alpha value is -6.76. The van der Waals surface area contributed by atoms with Crippen molar-refractivity contribution < 1.29 is 62.0 Å². The summed E-state index contributed by atoms with van der Waals surface area (Å²) in [5, 5.41) is 0. The summed E-state index contributed by atoms with van der Waals surface area (Å²) in [6, 6.07) is 17.0. The van der Waals surface area contributed by atoms with E-state index in [-0.39, 0.29) is 62.8 Å². The summed E-state index contributed by atoms with van der Waals surface area (Å²) < 4.78 is 25.3. The number of benzene rings is 4. The summed E-state index contributed by atoms with van der Waals surface area (Å²) >= 11 is 0. The van der Waals surface area contributed by atoms with Gasteiger partial charge in [-0.05, 0) is 67.1 Å². The van der Waals surface area contributed by atoms with Crippen molar-refractivity contribution >= 4 is 47.6 Å². The lowest BCUT2D eigenvalue weighted by atomic mass is 10.1. The van der Waals surface area contributed by atoms with Crippen LogP contribution in [0.1, 0.15) is 95.4 Å². The van der Waals surface area contributed by atoms with Crippen molar-refractivity contribution in [1.29, 1.82) is 0 Å². The average molecular weight is 635 g/mol. The normalized spacial score (nSPS) is 12.9. The van der Waals surface area contributed by atoms with Gasteiger partial charge in [0.25, 0.3) is 0 Å². The molecule has 47 heavy (non-hydrogen) atoms. The molecule has 6 rings (SSSR count). The van der Waals surface area contributed by atoms with Crippen LogP contribution in [0.25, 0.3) is 0 Å². The lowest BCUT2D eigenvalue weighted by molar-refractivity contribution is 0.0425. The Kier molecular flexibility index (Phi) is 7.71. The molecule has 2 heterocycles. The van der Waals surface area contributed by atoms with Crippen molar-refractivity contribution in [2.75, 3.05) is 0 Å². The van der Waals surface area contributed by atoms with Gasteiger partial charge in [0, 0.05) is 5.56 Å². The molecule has 0 saturated heterocycles. The van der Waals surface area contributed by atoms with E-state index < -0.39 is 41.8 Å². The largest absolute Gasteiger partial charge is 0.457 e. The molecule has 0 amide bonds. The van der Waals surface area contributed by atoms with Crippen LogP contribution in [0, 0.1) is 0 Å². The SMILES string of the molecule is CC(=O)c1ccc(COC(=O)c2cc(OC(=O)c3ccc4c(c3)C(=O)OC4=O)ccc2OC(=O)c2ccc3c(c2)C(=O)OC3=O)cc1. The molecule has 4 aromatic carbocycles. The molecule has 13 heteroatoms. The molecule has 0 aromatic heterocycles. The van der Waals surface area contributed by atoms with Crippen LogP contribution in [0.5, 0.6) is 11.5 Å². The predicted octanol–water partition coefficient (Wildman–Crippen LogP) is 4.31.